The molecule has 0 aliphatic heterocycles. The van der Waals surface area contributed by atoms with E-state index in [0.29, 0.717) is 29.5 Å². The molecule has 2 rings (SSSR count). The molecule has 0 saturated carbocycles. The van der Waals surface area contributed by atoms with E-state index in [0.717, 1.165) is 0 Å². The largest absolute Gasteiger partial charge is 0.422 e. The molecule has 80 valence electrons. The first-order chi connectivity index (χ1) is 7.20. The Balaban J connectivity index is 2.41. The normalized spacial score (nSPS) is 13.0. The van der Waals surface area contributed by atoms with Crippen molar-refractivity contribution in [1.82, 2.24) is 15.0 Å². The molecular weight excluding hydrogens is 194 g/mol. The van der Waals surface area contributed by atoms with Gasteiger partial charge in [-0.05, 0) is 6.92 Å². The molecule has 0 spiro atoms. The molecule has 2 heterocycles. The Hall–Kier alpha value is -1.69. The van der Waals surface area contributed by atoms with Gasteiger partial charge in [-0.2, -0.15) is 4.98 Å². The predicted molar refractivity (Wildman–Crippen MR) is 56.5 cm³/mol. The van der Waals surface area contributed by atoms with E-state index in [4.69, 9.17) is 10.2 Å². The molecule has 2 aromatic rings. The summed E-state index contributed by atoms with van der Waals surface area (Å²) in [5.74, 6) is 1.24. The van der Waals surface area contributed by atoms with Crippen molar-refractivity contribution in [2.24, 2.45) is 5.73 Å². The van der Waals surface area contributed by atoms with E-state index in [1.165, 1.54) is 6.33 Å². The van der Waals surface area contributed by atoms with Crippen molar-refractivity contribution in [3.8, 4) is 0 Å². The van der Waals surface area contributed by atoms with Gasteiger partial charge >= 0.3 is 0 Å². The molecule has 0 amide bonds. The Kier molecular flexibility index (Phi) is 2.51. The van der Waals surface area contributed by atoms with Gasteiger partial charge in [-0.3, -0.25) is 0 Å². The molecule has 15 heavy (non-hydrogen) atoms. The van der Waals surface area contributed by atoms with Crippen molar-refractivity contribution in [3.63, 3.8) is 0 Å². The van der Waals surface area contributed by atoms with Crippen LogP contribution in [0.15, 0.2) is 10.7 Å². The Morgan fingerprint density at radius 1 is 1.53 bits per heavy atom. The molecule has 6 nitrogen and oxygen atoms in total. The summed E-state index contributed by atoms with van der Waals surface area (Å²) in [6.45, 7) is 4.28. The monoisotopic (exact) mass is 207 g/mol. The average Bonchev–Trinajstić information content (AvgIpc) is 2.59. The fourth-order valence-corrected chi connectivity index (χ4v) is 1.26. The molecule has 0 fully saturated rings. The van der Waals surface area contributed by atoms with Crippen molar-refractivity contribution >= 4 is 17.0 Å². The summed E-state index contributed by atoms with van der Waals surface area (Å²) in [6.07, 6.45) is 1.44. The van der Waals surface area contributed by atoms with Gasteiger partial charge in [0.2, 0.25) is 0 Å². The topological polar surface area (TPSA) is 89.9 Å². The van der Waals surface area contributed by atoms with Gasteiger partial charge in [0.15, 0.2) is 17.2 Å². The third kappa shape index (κ3) is 1.89. The second kappa shape index (κ2) is 3.82. The van der Waals surface area contributed by atoms with Crippen molar-refractivity contribution in [3.05, 3.63) is 12.2 Å². The molecule has 3 N–H and O–H groups in total. The van der Waals surface area contributed by atoms with E-state index in [1.807, 2.05) is 6.92 Å². The number of hydrogen-bond acceptors (Lipinski definition) is 6. The number of fused-ring (bicyclic) bond motifs is 1. The number of rotatable bonds is 3. The summed E-state index contributed by atoms with van der Waals surface area (Å²) in [5.41, 5.74) is 6.66. The maximum Gasteiger partial charge on any atom is 0.252 e. The lowest BCUT2D eigenvalue weighted by atomic mass is 10.3. The van der Waals surface area contributed by atoms with Crippen LogP contribution in [0.25, 0.3) is 11.2 Å². The molecular formula is C9H13N5O. The molecule has 6 heteroatoms. The number of nitrogens with one attached hydrogen (secondary N) is 1. The lowest BCUT2D eigenvalue weighted by Gasteiger charge is -2.10. The van der Waals surface area contributed by atoms with Crippen LogP contribution >= 0.6 is 0 Å². The highest BCUT2D eigenvalue weighted by molar-refractivity contribution is 5.80. The molecule has 1 atom stereocenters. The minimum Gasteiger partial charge on any atom is -0.422 e. The Bertz CT molecular complexity index is 466. The standard InChI is InChI=1S/C9H13N5O/c1-5(3-10)13-8-7-9(12-4-11-8)15-6(2)14-7/h4-5H,3,10H2,1-2H3,(H,11,12,13). The van der Waals surface area contributed by atoms with Crippen LogP contribution in [0, 0.1) is 6.92 Å². The summed E-state index contributed by atoms with van der Waals surface area (Å²) in [6, 6.07) is 0.139. The third-order valence-electron chi connectivity index (χ3n) is 2.04. The Labute approximate surface area is 86.9 Å². The van der Waals surface area contributed by atoms with Crippen LogP contribution < -0.4 is 11.1 Å². The van der Waals surface area contributed by atoms with Crippen LogP contribution in [-0.2, 0) is 0 Å². The third-order valence-corrected chi connectivity index (χ3v) is 2.04. The first-order valence-electron chi connectivity index (χ1n) is 4.75. The van der Waals surface area contributed by atoms with Crippen LogP contribution in [-0.4, -0.2) is 27.5 Å². The fraction of sp³-hybridized carbons (Fsp3) is 0.444. The molecule has 0 aliphatic carbocycles. The maximum absolute atomic E-state index is 5.52. The van der Waals surface area contributed by atoms with Crippen LogP contribution in [0.5, 0.6) is 0 Å². The van der Waals surface area contributed by atoms with Crippen LogP contribution in [0.1, 0.15) is 12.8 Å². The lowest BCUT2D eigenvalue weighted by molar-refractivity contribution is 0.551. The highest BCUT2D eigenvalue weighted by Gasteiger charge is 2.11. The molecule has 0 saturated heterocycles. The summed E-state index contributed by atoms with van der Waals surface area (Å²) in [7, 11) is 0. The van der Waals surface area contributed by atoms with Crippen LogP contribution in [0.3, 0.4) is 0 Å². The zero-order valence-corrected chi connectivity index (χ0v) is 8.69. The van der Waals surface area contributed by atoms with E-state index in [9.17, 15) is 0 Å². The van der Waals surface area contributed by atoms with Crippen molar-refractivity contribution in [1.29, 1.82) is 0 Å². The second-order valence-corrected chi connectivity index (χ2v) is 3.39. The Morgan fingerprint density at radius 3 is 3.07 bits per heavy atom. The molecule has 0 aromatic carbocycles. The van der Waals surface area contributed by atoms with Crippen molar-refractivity contribution < 1.29 is 4.42 Å². The molecule has 0 bridgehead atoms. The number of hydrogen-bond donors (Lipinski definition) is 2. The number of nitrogens with zero attached hydrogens (tertiary/aromatic N) is 3. The zero-order valence-electron chi connectivity index (χ0n) is 8.69. The molecule has 1 unspecified atom stereocenters. The zero-order chi connectivity index (χ0) is 10.8. The highest BCUT2D eigenvalue weighted by atomic mass is 16.4. The smallest absolute Gasteiger partial charge is 0.252 e. The molecule has 0 radical (unpaired) electrons. The van der Waals surface area contributed by atoms with Crippen LogP contribution in [0.4, 0.5) is 5.82 Å². The number of oxazole rings is 1. The van der Waals surface area contributed by atoms with Crippen molar-refractivity contribution in [2.75, 3.05) is 11.9 Å². The van der Waals surface area contributed by atoms with E-state index in [-0.39, 0.29) is 6.04 Å². The van der Waals surface area contributed by atoms with Crippen molar-refractivity contribution in [2.45, 2.75) is 19.9 Å². The Morgan fingerprint density at radius 2 is 2.33 bits per heavy atom. The lowest BCUT2D eigenvalue weighted by Crippen LogP contribution is -2.25. The summed E-state index contributed by atoms with van der Waals surface area (Å²) in [4.78, 5) is 12.3. The van der Waals surface area contributed by atoms with E-state index in [2.05, 4.69) is 20.3 Å². The van der Waals surface area contributed by atoms with Gasteiger partial charge in [-0.1, -0.05) is 0 Å². The van der Waals surface area contributed by atoms with Gasteiger partial charge in [0.05, 0.1) is 0 Å². The van der Waals surface area contributed by atoms with E-state index < -0.39 is 0 Å². The van der Waals surface area contributed by atoms with E-state index in [1.54, 1.807) is 6.92 Å². The van der Waals surface area contributed by atoms with Gasteiger partial charge in [-0.25, -0.2) is 9.97 Å². The second-order valence-electron chi connectivity index (χ2n) is 3.39. The maximum atomic E-state index is 5.52. The highest BCUT2D eigenvalue weighted by Crippen LogP contribution is 2.19. The minimum absolute atomic E-state index is 0.139. The average molecular weight is 207 g/mol. The minimum atomic E-state index is 0.139. The molecule has 2 aromatic heterocycles. The summed E-state index contributed by atoms with van der Waals surface area (Å²) < 4.78 is 5.29. The van der Waals surface area contributed by atoms with Crippen LogP contribution in [0.2, 0.25) is 0 Å². The fourth-order valence-electron chi connectivity index (χ4n) is 1.26. The van der Waals surface area contributed by atoms with Gasteiger partial charge in [0.25, 0.3) is 5.71 Å². The predicted octanol–water partition coefficient (Wildman–Crippen LogP) is 0.685. The number of aromatic nitrogens is 3. The van der Waals surface area contributed by atoms with Gasteiger partial charge in [0.1, 0.15) is 6.33 Å². The summed E-state index contributed by atoms with van der Waals surface area (Å²) in [5, 5.41) is 3.15. The number of nitrogens with two attached hydrogens (primary N) is 1. The SMILES string of the molecule is Cc1nc2c(NC(C)CN)ncnc2o1. The van der Waals surface area contributed by atoms with Gasteiger partial charge < -0.3 is 15.5 Å². The summed E-state index contributed by atoms with van der Waals surface area (Å²) >= 11 is 0. The molecule has 0 aliphatic rings. The first kappa shape index (κ1) is 9.85. The van der Waals surface area contributed by atoms with E-state index >= 15 is 0 Å². The number of anilines is 1. The first-order valence-corrected chi connectivity index (χ1v) is 4.75. The number of aryl methyl sites for hydroxylation is 1. The quantitative estimate of drug-likeness (QED) is 0.769. The van der Waals surface area contributed by atoms with Gasteiger partial charge in [0, 0.05) is 19.5 Å². The van der Waals surface area contributed by atoms with Gasteiger partial charge in [-0.15, -0.1) is 0 Å².